The first-order valence-electron chi connectivity index (χ1n) is 8.04. The van der Waals surface area contributed by atoms with E-state index in [4.69, 9.17) is 4.42 Å². The maximum Gasteiger partial charge on any atom is 0.421 e. The van der Waals surface area contributed by atoms with Gasteiger partial charge in [-0.2, -0.15) is 23.3 Å². The van der Waals surface area contributed by atoms with Crippen molar-refractivity contribution < 1.29 is 22.0 Å². The van der Waals surface area contributed by atoms with Crippen LogP contribution < -0.4 is 10.2 Å². The number of alkyl halides is 3. The van der Waals surface area contributed by atoms with Gasteiger partial charge in [-0.3, -0.25) is 0 Å². The molecule has 4 rings (SSSR count). The van der Waals surface area contributed by atoms with Crippen LogP contribution in [-0.4, -0.2) is 40.4 Å². The van der Waals surface area contributed by atoms with Crippen LogP contribution in [-0.2, 0) is 6.18 Å². The van der Waals surface area contributed by atoms with E-state index in [9.17, 15) is 17.6 Å². The van der Waals surface area contributed by atoms with Crippen LogP contribution in [0.4, 0.5) is 23.6 Å². The zero-order valence-electron chi connectivity index (χ0n) is 13.7. The number of halogens is 4. The summed E-state index contributed by atoms with van der Waals surface area (Å²) in [5.41, 5.74) is -2.06. The van der Waals surface area contributed by atoms with Crippen LogP contribution in [0.3, 0.4) is 0 Å². The van der Waals surface area contributed by atoms with Crippen LogP contribution in [0.25, 0.3) is 16.8 Å². The Morgan fingerprint density at radius 3 is 2.81 bits per heavy atom. The average molecular weight is 369 g/mol. The van der Waals surface area contributed by atoms with Gasteiger partial charge in [-0.05, 0) is 13.0 Å². The Kier molecular flexibility index (Phi) is 3.87. The minimum Gasteiger partial charge on any atom is -0.421 e. The summed E-state index contributed by atoms with van der Waals surface area (Å²) >= 11 is 0. The van der Waals surface area contributed by atoms with E-state index >= 15 is 0 Å². The number of anilines is 1. The minimum absolute atomic E-state index is 0.0239. The predicted octanol–water partition coefficient (Wildman–Crippen LogP) is 2.97. The number of benzene rings is 1. The molecule has 1 N–H and O–H groups in total. The lowest BCUT2D eigenvalue weighted by Crippen LogP contribution is -2.50. The largest absolute Gasteiger partial charge is 0.421 e. The van der Waals surface area contributed by atoms with Crippen LogP contribution in [0.2, 0.25) is 0 Å². The van der Waals surface area contributed by atoms with E-state index in [1.807, 2.05) is 6.92 Å². The van der Waals surface area contributed by atoms with Crippen LogP contribution in [0.5, 0.6) is 0 Å². The number of nitrogens with one attached hydrogen (secondary N) is 1. The van der Waals surface area contributed by atoms with E-state index in [1.54, 1.807) is 11.0 Å². The van der Waals surface area contributed by atoms with Crippen LogP contribution in [0.15, 0.2) is 28.9 Å². The highest BCUT2D eigenvalue weighted by molar-refractivity contribution is 5.86. The standard InChI is InChI=1S/C16H15F4N5O/c1-9-8-21-4-6-24(9)15-23-13-12(16(18,19)20)10(17)7-11(14(13)26-15)25-5-2-3-22-25/h2-3,5,7,9,21H,4,6,8H2,1H3/t9-/m0/s1. The third-order valence-electron chi connectivity index (χ3n) is 4.37. The topological polar surface area (TPSA) is 59.1 Å². The molecule has 1 saturated heterocycles. The highest BCUT2D eigenvalue weighted by Gasteiger charge is 2.40. The van der Waals surface area contributed by atoms with E-state index in [2.05, 4.69) is 15.4 Å². The van der Waals surface area contributed by atoms with E-state index in [0.717, 1.165) is 6.07 Å². The summed E-state index contributed by atoms with van der Waals surface area (Å²) in [6.07, 6.45) is -1.96. The first-order valence-corrected chi connectivity index (χ1v) is 8.04. The molecular weight excluding hydrogens is 354 g/mol. The second kappa shape index (κ2) is 5.97. The number of oxazole rings is 1. The first kappa shape index (κ1) is 16.8. The molecule has 138 valence electrons. The molecule has 10 heteroatoms. The number of rotatable bonds is 2. The van der Waals surface area contributed by atoms with Crippen molar-refractivity contribution in [3.8, 4) is 5.69 Å². The van der Waals surface area contributed by atoms with Gasteiger partial charge in [0.1, 0.15) is 22.6 Å². The predicted molar refractivity (Wildman–Crippen MR) is 85.8 cm³/mol. The zero-order chi connectivity index (χ0) is 18.5. The second-order valence-electron chi connectivity index (χ2n) is 6.12. The monoisotopic (exact) mass is 369 g/mol. The van der Waals surface area contributed by atoms with E-state index < -0.39 is 23.1 Å². The Balaban J connectivity index is 1.97. The molecular formula is C16H15F4N5O. The fraction of sp³-hybridized carbons (Fsp3) is 0.375. The molecule has 1 aromatic carbocycles. The summed E-state index contributed by atoms with van der Waals surface area (Å²) < 4.78 is 61.5. The molecule has 0 aliphatic carbocycles. The van der Waals surface area contributed by atoms with Crippen LogP contribution >= 0.6 is 0 Å². The van der Waals surface area contributed by atoms with Gasteiger partial charge in [-0.1, -0.05) is 0 Å². The lowest BCUT2D eigenvalue weighted by atomic mass is 10.1. The van der Waals surface area contributed by atoms with Crippen LogP contribution in [0.1, 0.15) is 12.5 Å². The number of nitrogens with zero attached hydrogens (tertiary/aromatic N) is 4. The summed E-state index contributed by atoms with van der Waals surface area (Å²) in [6, 6.07) is 2.37. The highest BCUT2D eigenvalue weighted by Crippen LogP contribution is 2.40. The van der Waals surface area contributed by atoms with Crippen molar-refractivity contribution in [3.05, 3.63) is 35.9 Å². The molecule has 0 saturated carbocycles. The Bertz CT molecular complexity index is 934. The van der Waals surface area contributed by atoms with Crippen molar-refractivity contribution in [2.24, 2.45) is 0 Å². The number of fused-ring (bicyclic) bond motifs is 1. The molecule has 6 nitrogen and oxygen atoms in total. The molecule has 0 bridgehead atoms. The quantitative estimate of drug-likeness (QED) is 0.704. The zero-order valence-corrected chi connectivity index (χ0v) is 13.7. The molecule has 0 unspecified atom stereocenters. The number of piperazine rings is 1. The Morgan fingerprint density at radius 1 is 1.35 bits per heavy atom. The summed E-state index contributed by atoms with van der Waals surface area (Å²) in [7, 11) is 0. The molecule has 0 spiro atoms. The van der Waals surface area contributed by atoms with Gasteiger partial charge in [0.25, 0.3) is 6.01 Å². The lowest BCUT2D eigenvalue weighted by molar-refractivity contribution is -0.138. The SMILES string of the molecule is C[C@H]1CNCCN1c1nc2c(C(F)(F)F)c(F)cc(-n3cccn3)c2o1. The van der Waals surface area contributed by atoms with Gasteiger partial charge >= 0.3 is 6.18 Å². The Morgan fingerprint density at radius 2 is 2.15 bits per heavy atom. The molecule has 0 amide bonds. The fourth-order valence-electron chi connectivity index (χ4n) is 3.12. The molecule has 3 aromatic rings. The van der Waals surface area contributed by atoms with Gasteiger partial charge in [-0.25, -0.2) is 9.07 Å². The third kappa shape index (κ3) is 2.70. The maximum atomic E-state index is 14.3. The fourth-order valence-corrected chi connectivity index (χ4v) is 3.12. The smallest absolute Gasteiger partial charge is 0.421 e. The molecule has 1 atom stereocenters. The van der Waals surface area contributed by atoms with Gasteiger partial charge in [0, 0.05) is 44.1 Å². The van der Waals surface area contributed by atoms with Crippen molar-refractivity contribution in [3.63, 3.8) is 0 Å². The van der Waals surface area contributed by atoms with Crippen molar-refractivity contribution in [2.75, 3.05) is 24.5 Å². The Labute approximate surface area is 145 Å². The number of hydrogen-bond acceptors (Lipinski definition) is 5. The summed E-state index contributed by atoms with van der Waals surface area (Å²) in [5, 5.41) is 7.14. The van der Waals surface area contributed by atoms with Crippen molar-refractivity contribution >= 4 is 17.1 Å². The van der Waals surface area contributed by atoms with Crippen molar-refractivity contribution in [1.29, 1.82) is 0 Å². The molecule has 2 aromatic heterocycles. The van der Waals surface area contributed by atoms with E-state index in [1.165, 1.54) is 17.1 Å². The molecule has 3 heterocycles. The lowest BCUT2D eigenvalue weighted by Gasteiger charge is -2.32. The van der Waals surface area contributed by atoms with E-state index in [-0.39, 0.29) is 23.3 Å². The van der Waals surface area contributed by atoms with Crippen molar-refractivity contribution in [1.82, 2.24) is 20.1 Å². The molecule has 0 radical (unpaired) electrons. The van der Waals surface area contributed by atoms with Gasteiger partial charge < -0.3 is 14.6 Å². The normalized spacial score (nSPS) is 18.7. The molecule has 1 fully saturated rings. The van der Waals surface area contributed by atoms with Gasteiger partial charge in [0.05, 0.1) is 0 Å². The summed E-state index contributed by atoms with van der Waals surface area (Å²) in [5.74, 6) is -1.41. The van der Waals surface area contributed by atoms with Gasteiger partial charge in [0.15, 0.2) is 5.58 Å². The highest BCUT2D eigenvalue weighted by atomic mass is 19.4. The molecule has 1 aliphatic rings. The number of aromatic nitrogens is 3. The average Bonchev–Trinajstić information content (AvgIpc) is 3.22. The van der Waals surface area contributed by atoms with Crippen LogP contribution in [0, 0.1) is 5.82 Å². The number of hydrogen-bond donors (Lipinski definition) is 1. The molecule has 1 aliphatic heterocycles. The van der Waals surface area contributed by atoms with Gasteiger partial charge in [-0.15, -0.1) is 0 Å². The maximum absolute atomic E-state index is 14.3. The second-order valence-corrected chi connectivity index (χ2v) is 6.12. The summed E-state index contributed by atoms with van der Waals surface area (Å²) in [4.78, 5) is 5.78. The Hall–Kier alpha value is -2.62. The summed E-state index contributed by atoms with van der Waals surface area (Å²) in [6.45, 7) is 3.72. The van der Waals surface area contributed by atoms with Crippen molar-refractivity contribution in [2.45, 2.75) is 19.1 Å². The molecule has 26 heavy (non-hydrogen) atoms. The third-order valence-corrected chi connectivity index (χ3v) is 4.37. The first-order chi connectivity index (χ1) is 12.4. The van der Waals surface area contributed by atoms with Gasteiger partial charge in [0.2, 0.25) is 0 Å². The minimum atomic E-state index is -4.89. The van der Waals surface area contributed by atoms with E-state index in [0.29, 0.717) is 19.6 Å².